The van der Waals surface area contributed by atoms with E-state index in [1.54, 1.807) is 7.11 Å². The fraction of sp³-hybridized carbons (Fsp3) is 0.400. The summed E-state index contributed by atoms with van der Waals surface area (Å²) in [6, 6.07) is 8.11. The smallest absolute Gasteiger partial charge is 0.122 e. The van der Waals surface area contributed by atoms with Crippen molar-refractivity contribution in [2.24, 2.45) is 0 Å². The molecule has 0 aromatic heterocycles. The molecule has 1 aliphatic heterocycles. The summed E-state index contributed by atoms with van der Waals surface area (Å²) in [6.07, 6.45) is 1.19. The van der Waals surface area contributed by atoms with Crippen LogP contribution >= 0.6 is 0 Å². The quantitative estimate of drug-likeness (QED) is 0.628. The lowest BCUT2D eigenvalue weighted by Crippen LogP contribution is -2.27. The zero-order valence-electron chi connectivity index (χ0n) is 7.12. The van der Waals surface area contributed by atoms with Gasteiger partial charge in [-0.1, -0.05) is 18.2 Å². The molecule has 2 rings (SSSR count). The van der Waals surface area contributed by atoms with Gasteiger partial charge in [-0.2, -0.15) is 0 Å². The van der Waals surface area contributed by atoms with Crippen molar-refractivity contribution in [2.45, 2.75) is 12.5 Å². The minimum atomic E-state index is 0.222. The second kappa shape index (κ2) is 3.15. The summed E-state index contributed by atoms with van der Waals surface area (Å²) >= 11 is 0. The number of ether oxygens (including phenoxy) is 2. The molecule has 0 saturated carbocycles. The molecule has 0 saturated heterocycles. The van der Waals surface area contributed by atoms with Crippen molar-refractivity contribution in [2.75, 3.05) is 13.7 Å². The Bertz CT molecular complexity index is 270. The highest BCUT2D eigenvalue weighted by molar-refractivity contribution is 5.35. The lowest BCUT2D eigenvalue weighted by atomic mass is 10.1. The van der Waals surface area contributed by atoms with Gasteiger partial charge in [0, 0.05) is 13.5 Å². The van der Waals surface area contributed by atoms with E-state index in [-0.39, 0.29) is 6.10 Å². The number of para-hydroxylation sites is 1. The second-order valence-corrected chi connectivity index (χ2v) is 2.98. The van der Waals surface area contributed by atoms with E-state index in [2.05, 4.69) is 6.07 Å². The molecule has 0 fully saturated rings. The highest BCUT2D eigenvalue weighted by atomic mass is 16.5. The highest BCUT2D eigenvalue weighted by Gasteiger charge is 2.17. The summed E-state index contributed by atoms with van der Waals surface area (Å²) in [5, 5.41) is 0. The minimum absolute atomic E-state index is 0.222. The molecule has 1 heterocycles. The van der Waals surface area contributed by atoms with E-state index >= 15 is 0 Å². The molecule has 1 aliphatic rings. The molecule has 64 valence electrons. The van der Waals surface area contributed by atoms with Gasteiger partial charge in [-0.25, -0.2) is 0 Å². The van der Waals surface area contributed by atoms with E-state index in [0.717, 1.165) is 12.2 Å². The van der Waals surface area contributed by atoms with Gasteiger partial charge < -0.3 is 9.47 Å². The van der Waals surface area contributed by atoms with Gasteiger partial charge in [-0.15, -0.1) is 0 Å². The van der Waals surface area contributed by atoms with Crippen molar-refractivity contribution in [1.29, 1.82) is 0 Å². The molecular formula is C10H12O2. The van der Waals surface area contributed by atoms with Crippen LogP contribution in [0.3, 0.4) is 0 Å². The Balaban J connectivity index is 2.23. The molecule has 0 unspecified atom stereocenters. The molecule has 0 amide bonds. The van der Waals surface area contributed by atoms with Crippen molar-refractivity contribution in [3.05, 3.63) is 29.8 Å². The number of benzene rings is 1. The standard InChI is InChI=1S/C10H12O2/c1-11-9-6-8-4-2-3-5-10(8)12-7-9/h2-5,9H,6-7H2,1H3/t9-/m0/s1. The number of methoxy groups -OCH3 is 1. The van der Waals surface area contributed by atoms with Crippen LogP contribution in [0, 0.1) is 0 Å². The van der Waals surface area contributed by atoms with E-state index in [1.807, 2.05) is 18.2 Å². The summed E-state index contributed by atoms with van der Waals surface area (Å²) < 4.78 is 10.7. The molecule has 0 radical (unpaired) electrons. The summed E-state index contributed by atoms with van der Waals surface area (Å²) in [7, 11) is 1.72. The Kier molecular flexibility index (Phi) is 2.00. The van der Waals surface area contributed by atoms with E-state index in [9.17, 15) is 0 Å². The molecular weight excluding hydrogens is 152 g/mol. The van der Waals surface area contributed by atoms with Gasteiger partial charge >= 0.3 is 0 Å². The predicted molar refractivity (Wildman–Crippen MR) is 46.4 cm³/mol. The molecule has 2 nitrogen and oxygen atoms in total. The normalized spacial score (nSPS) is 21.2. The third kappa shape index (κ3) is 1.30. The second-order valence-electron chi connectivity index (χ2n) is 2.98. The lowest BCUT2D eigenvalue weighted by Gasteiger charge is -2.23. The van der Waals surface area contributed by atoms with Crippen LogP contribution in [-0.2, 0) is 11.2 Å². The largest absolute Gasteiger partial charge is 0.491 e. The number of fused-ring (bicyclic) bond motifs is 1. The summed E-state index contributed by atoms with van der Waals surface area (Å²) in [6.45, 7) is 0.674. The summed E-state index contributed by atoms with van der Waals surface area (Å²) in [5.74, 6) is 1.01. The third-order valence-electron chi connectivity index (χ3n) is 2.18. The molecule has 1 aromatic carbocycles. The maximum absolute atomic E-state index is 5.50. The van der Waals surface area contributed by atoms with Crippen LogP contribution in [0.15, 0.2) is 24.3 Å². The van der Waals surface area contributed by atoms with Gasteiger partial charge in [0.1, 0.15) is 12.4 Å². The fourth-order valence-electron chi connectivity index (χ4n) is 1.45. The third-order valence-corrected chi connectivity index (χ3v) is 2.18. The molecule has 12 heavy (non-hydrogen) atoms. The van der Waals surface area contributed by atoms with Crippen LogP contribution in [0.25, 0.3) is 0 Å². The van der Waals surface area contributed by atoms with Gasteiger partial charge in [0.2, 0.25) is 0 Å². The van der Waals surface area contributed by atoms with Crippen LogP contribution in [0.1, 0.15) is 5.56 Å². The molecule has 0 aliphatic carbocycles. The zero-order valence-corrected chi connectivity index (χ0v) is 7.12. The Morgan fingerprint density at radius 2 is 2.25 bits per heavy atom. The first kappa shape index (κ1) is 7.62. The Morgan fingerprint density at radius 1 is 1.42 bits per heavy atom. The van der Waals surface area contributed by atoms with E-state index in [1.165, 1.54) is 5.56 Å². The van der Waals surface area contributed by atoms with Crippen molar-refractivity contribution in [3.8, 4) is 5.75 Å². The topological polar surface area (TPSA) is 18.5 Å². The van der Waals surface area contributed by atoms with Crippen molar-refractivity contribution >= 4 is 0 Å². The van der Waals surface area contributed by atoms with Crippen LogP contribution < -0.4 is 4.74 Å². The van der Waals surface area contributed by atoms with Gasteiger partial charge in [0.25, 0.3) is 0 Å². The van der Waals surface area contributed by atoms with E-state index in [4.69, 9.17) is 9.47 Å². The molecule has 0 N–H and O–H groups in total. The van der Waals surface area contributed by atoms with Gasteiger partial charge in [0.15, 0.2) is 0 Å². The summed E-state index contributed by atoms with van der Waals surface area (Å²) in [4.78, 5) is 0. The molecule has 0 bridgehead atoms. The SMILES string of the molecule is CO[C@@H]1COc2ccccc2C1. The maximum atomic E-state index is 5.50. The van der Waals surface area contributed by atoms with Crippen LogP contribution in [0.5, 0.6) is 5.75 Å². The zero-order chi connectivity index (χ0) is 8.39. The monoisotopic (exact) mass is 164 g/mol. The van der Waals surface area contributed by atoms with E-state index in [0.29, 0.717) is 6.61 Å². The van der Waals surface area contributed by atoms with Crippen molar-refractivity contribution in [3.63, 3.8) is 0 Å². The van der Waals surface area contributed by atoms with Gasteiger partial charge in [0.05, 0.1) is 6.10 Å². The first-order chi connectivity index (χ1) is 5.90. The predicted octanol–water partition coefficient (Wildman–Crippen LogP) is 1.64. The number of hydrogen-bond donors (Lipinski definition) is 0. The first-order valence-electron chi connectivity index (χ1n) is 4.13. The first-order valence-corrected chi connectivity index (χ1v) is 4.13. The Hall–Kier alpha value is -1.02. The van der Waals surface area contributed by atoms with E-state index < -0.39 is 0 Å². The Labute approximate surface area is 72.1 Å². The molecule has 2 heteroatoms. The fourth-order valence-corrected chi connectivity index (χ4v) is 1.45. The lowest BCUT2D eigenvalue weighted by molar-refractivity contribution is 0.0467. The van der Waals surface area contributed by atoms with Crippen LogP contribution in [0.4, 0.5) is 0 Å². The molecule has 0 spiro atoms. The van der Waals surface area contributed by atoms with Crippen LogP contribution in [0.2, 0.25) is 0 Å². The maximum Gasteiger partial charge on any atom is 0.122 e. The van der Waals surface area contributed by atoms with Crippen LogP contribution in [-0.4, -0.2) is 19.8 Å². The van der Waals surface area contributed by atoms with Crippen molar-refractivity contribution < 1.29 is 9.47 Å². The number of rotatable bonds is 1. The van der Waals surface area contributed by atoms with Crippen molar-refractivity contribution in [1.82, 2.24) is 0 Å². The molecule has 1 atom stereocenters. The number of hydrogen-bond acceptors (Lipinski definition) is 2. The minimum Gasteiger partial charge on any atom is -0.491 e. The molecule has 1 aromatic rings. The average Bonchev–Trinajstić information content (AvgIpc) is 2.17. The highest BCUT2D eigenvalue weighted by Crippen LogP contribution is 2.24. The Morgan fingerprint density at radius 3 is 3.08 bits per heavy atom. The van der Waals surface area contributed by atoms with Gasteiger partial charge in [-0.05, 0) is 11.6 Å². The average molecular weight is 164 g/mol. The van der Waals surface area contributed by atoms with Gasteiger partial charge in [-0.3, -0.25) is 0 Å². The summed E-state index contributed by atoms with van der Waals surface area (Å²) in [5.41, 5.74) is 1.25.